The fourth-order valence-corrected chi connectivity index (χ4v) is 2.91. The van der Waals surface area contributed by atoms with Crippen LogP contribution in [0.1, 0.15) is 11.3 Å². The van der Waals surface area contributed by atoms with Crippen LogP contribution in [-0.4, -0.2) is 29.8 Å². The second kappa shape index (κ2) is 6.33. The first-order valence-corrected chi connectivity index (χ1v) is 7.78. The third-order valence-electron chi connectivity index (χ3n) is 2.94. The number of aromatic nitrogens is 2. The number of rotatable bonds is 6. The van der Waals surface area contributed by atoms with E-state index in [9.17, 15) is 12.8 Å². The molecule has 0 spiro atoms. The Morgan fingerprint density at radius 3 is 2.76 bits per heavy atom. The van der Waals surface area contributed by atoms with Gasteiger partial charge in [-0.1, -0.05) is 0 Å². The van der Waals surface area contributed by atoms with Crippen LogP contribution >= 0.6 is 0 Å². The van der Waals surface area contributed by atoms with Gasteiger partial charge in [-0.3, -0.25) is 4.68 Å². The predicted molar refractivity (Wildman–Crippen MR) is 74.4 cm³/mol. The van der Waals surface area contributed by atoms with Crippen LogP contribution in [0.3, 0.4) is 0 Å². The molecule has 0 saturated heterocycles. The lowest BCUT2D eigenvalue weighted by Gasteiger charge is -2.07. The molecule has 2 aromatic rings. The number of hydrogen-bond donors (Lipinski definition) is 2. The lowest BCUT2D eigenvalue weighted by molar-refractivity contribution is 0.275. The molecule has 0 bridgehead atoms. The number of aliphatic hydroxyl groups excluding tert-OH is 1. The molecule has 2 rings (SSSR count). The summed E-state index contributed by atoms with van der Waals surface area (Å²) < 4.78 is 41.4. The Bertz CT molecular complexity index is 728. The minimum absolute atomic E-state index is 0.0531. The lowest BCUT2D eigenvalue weighted by atomic mass is 10.2. The molecule has 0 aliphatic heterocycles. The minimum atomic E-state index is -3.74. The van der Waals surface area contributed by atoms with Crippen molar-refractivity contribution in [1.29, 1.82) is 0 Å². The Labute approximate surface area is 122 Å². The number of nitrogens with one attached hydrogen (secondary N) is 1. The number of sulfonamides is 1. The molecule has 21 heavy (non-hydrogen) atoms. The van der Waals surface area contributed by atoms with Gasteiger partial charge in [0, 0.05) is 31.8 Å². The Morgan fingerprint density at radius 2 is 2.14 bits per heavy atom. The molecule has 1 aromatic heterocycles. The van der Waals surface area contributed by atoms with E-state index in [2.05, 4.69) is 9.82 Å². The topological polar surface area (TPSA) is 84.2 Å². The highest BCUT2D eigenvalue weighted by atomic mass is 32.2. The smallest absolute Gasteiger partial charge is 0.240 e. The largest absolute Gasteiger partial charge is 0.392 e. The van der Waals surface area contributed by atoms with Gasteiger partial charge >= 0.3 is 0 Å². The predicted octanol–water partition coefficient (Wildman–Crippen LogP) is 0.573. The maximum atomic E-state index is 13.2. The number of benzene rings is 1. The molecule has 0 atom stereocenters. The standard InChI is InChI=1S/C13H16FN3O3S/c1-17-7-5-11(16-17)4-6-15-21(19,20)12-2-3-13(14)10(8-12)9-18/h2-3,5,7-8,15,18H,4,6,9H2,1H3. The molecule has 1 heterocycles. The SMILES string of the molecule is Cn1ccc(CCNS(=O)(=O)c2ccc(F)c(CO)c2)n1. The molecule has 114 valence electrons. The highest BCUT2D eigenvalue weighted by molar-refractivity contribution is 7.89. The number of halogens is 1. The van der Waals surface area contributed by atoms with Crippen molar-refractivity contribution in [1.82, 2.24) is 14.5 Å². The zero-order valence-electron chi connectivity index (χ0n) is 11.5. The summed E-state index contributed by atoms with van der Waals surface area (Å²) >= 11 is 0. The normalized spacial score (nSPS) is 11.8. The van der Waals surface area contributed by atoms with Crippen LogP contribution in [0.2, 0.25) is 0 Å². The minimum Gasteiger partial charge on any atom is -0.392 e. The van der Waals surface area contributed by atoms with E-state index in [4.69, 9.17) is 5.11 Å². The summed E-state index contributed by atoms with van der Waals surface area (Å²) in [5.41, 5.74) is 0.720. The summed E-state index contributed by atoms with van der Waals surface area (Å²) in [6.07, 6.45) is 2.23. The van der Waals surface area contributed by atoms with Crippen molar-refractivity contribution in [2.45, 2.75) is 17.9 Å². The molecule has 1 aromatic carbocycles. The van der Waals surface area contributed by atoms with E-state index in [1.54, 1.807) is 24.0 Å². The molecule has 0 saturated carbocycles. The van der Waals surface area contributed by atoms with E-state index in [0.29, 0.717) is 6.42 Å². The highest BCUT2D eigenvalue weighted by Crippen LogP contribution is 2.15. The fourth-order valence-electron chi connectivity index (χ4n) is 1.83. The van der Waals surface area contributed by atoms with E-state index in [-0.39, 0.29) is 17.0 Å². The van der Waals surface area contributed by atoms with Gasteiger partial charge in [-0.15, -0.1) is 0 Å². The molecule has 0 unspecified atom stereocenters. The van der Waals surface area contributed by atoms with E-state index < -0.39 is 22.4 Å². The van der Waals surface area contributed by atoms with Crippen molar-refractivity contribution >= 4 is 10.0 Å². The van der Waals surface area contributed by atoms with Gasteiger partial charge < -0.3 is 5.11 Å². The summed E-state index contributed by atoms with van der Waals surface area (Å²) in [5, 5.41) is 13.1. The molecule has 0 aliphatic rings. The van der Waals surface area contributed by atoms with Crippen molar-refractivity contribution in [2.75, 3.05) is 6.54 Å². The number of hydrogen-bond acceptors (Lipinski definition) is 4. The Balaban J connectivity index is 2.04. The van der Waals surface area contributed by atoms with Crippen molar-refractivity contribution in [2.24, 2.45) is 7.05 Å². The van der Waals surface area contributed by atoms with Gasteiger partial charge in [-0.2, -0.15) is 5.10 Å². The van der Waals surface area contributed by atoms with Gasteiger partial charge in [-0.05, 0) is 24.3 Å². The van der Waals surface area contributed by atoms with Gasteiger partial charge in [0.1, 0.15) is 5.82 Å². The first kappa shape index (κ1) is 15.6. The number of nitrogens with zero attached hydrogens (tertiary/aromatic N) is 2. The average Bonchev–Trinajstić information content (AvgIpc) is 2.84. The second-order valence-corrected chi connectivity index (χ2v) is 6.31. The number of aryl methyl sites for hydroxylation is 1. The maximum absolute atomic E-state index is 13.2. The van der Waals surface area contributed by atoms with Gasteiger partial charge in [0.25, 0.3) is 0 Å². The molecule has 0 radical (unpaired) electrons. The van der Waals surface area contributed by atoms with Crippen molar-refractivity contribution in [3.8, 4) is 0 Å². The third-order valence-corrected chi connectivity index (χ3v) is 4.40. The fraction of sp³-hybridized carbons (Fsp3) is 0.308. The molecular weight excluding hydrogens is 297 g/mol. The summed E-state index contributed by atoms with van der Waals surface area (Å²) in [7, 11) is -1.95. The van der Waals surface area contributed by atoms with Crippen LogP contribution in [0, 0.1) is 5.82 Å². The summed E-state index contributed by atoms with van der Waals surface area (Å²) in [4.78, 5) is -0.0750. The van der Waals surface area contributed by atoms with Crippen LogP contribution in [0.15, 0.2) is 35.4 Å². The van der Waals surface area contributed by atoms with Gasteiger partial charge in [0.15, 0.2) is 0 Å². The zero-order chi connectivity index (χ0) is 15.5. The van der Waals surface area contributed by atoms with Crippen LogP contribution in [-0.2, 0) is 30.1 Å². The monoisotopic (exact) mass is 313 g/mol. The van der Waals surface area contributed by atoms with Crippen molar-refractivity contribution < 1.29 is 17.9 Å². The third kappa shape index (κ3) is 3.87. The summed E-state index contributed by atoms with van der Waals surface area (Å²) in [5.74, 6) is -0.634. The maximum Gasteiger partial charge on any atom is 0.240 e. The van der Waals surface area contributed by atoms with Crippen LogP contribution < -0.4 is 4.72 Å². The summed E-state index contributed by atoms with van der Waals surface area (Å²) in [6, 6.07) is 5.12. The second-order valence-electron chi connectivity index (χ2n) is 4.54. The van der Waals surface area contributed by atoms with Crippen LogP contribution in [0.25, 0.3) is 0 Å². The number of aliphatic hydroxyl groups is 1. The van der Waals surface area contributed by atoms with E-state index >= 15 is 0 Å². The molecule has 0 aliphatic carbocycles. The van der Waals surface area contributed by atoms with E-state index in [1.807, 2.05) is 0 Å². The molecule has 0 fully saturated rings. The highest BCUT2D eigenvalue weighted by Gasteiger charge is 2.15. The molecule has 8 heteroatoms. The summed E-state index contributed by atoms with van der Waals surface area (Å²) in [6.45, 7) is -0.367. The molecule has 0 amide bonds. The molecular formula is C13H16FN3O3S. The quantitative estimate of drug-likeness (QED) is 0.817. The van der Waals surface area contributed by atoms with Crippen LogP contribution in [0.5, 0.6) is 0 Å². The van der Waals surface area contributed by atoms with Crippen molar-refractivity contribution in [3.05, 3.63) is 47.5 Å². The van der Waals surface area contributed by atoms with Gasteiger partial charge in [-0.25, -0.2) is 17.5 Å². The molecule has 2 N–H and O–H groups in total. The zero-order valence-corrected chi connectivity index (χ0v) is 12.3. The Kier molecular flexibility index (Phi) is 4.71. The van der Waals surface area contributed by atoms with Gasteiger partial charge in [0.2, 0.25) is 10.0 Å². The van der Waals surface area contributed by atoms with E-state index in [0.717, 1.165) is 23.9 Å². The van der Waals surface area contributed by atoms with E-state index in [1.165, 1.54) is 0 Å². The first-order valence-electron chi connectivity index (χ1n) is 6.30. The van der Waals surface area contributed by atoms with Crippen LogP contribution in [0.4, 0.5) is 4.39 Å². The first-order chi connectivity index (χ1) is 9.92. The van der Waals surface area contributed by atoms with Crippen molar-refractivity contribution in [3.63, 3.8) is 0 Å². The lowest BCUT2D eigenvalue weighted by Crippen LogP contribution is -2.26. The Morgan fingerprint density at radius 1 is 1.38 bits per heavy atom. The Hall–Kier alpha value is -1.77. The molecule has 6 nitrogen and oxygen atoms in total. The average molecular weight is 313 g/mol. The van der Waals surface area contributed by atoms with Gasteiger partial charge in [0.05, 0.1) is 17.2 Å².